The molecule has 23 heavy (non-hydrogen) atoms. The maximum atomic E-state index is 12.2. The van der Waals surface area contributed by atoms with Gasteiger partial charge in [-0.05, 0) is 48.9 Å². The Morgan fingerprint density at radius 1 is 1.09 bits per heavy atom. The van der Waals surface area contributed by atoms with Crippen LogP contribution in [0.1, 0.15) is 21.7 Å². The summed E-state index contributed by atoms with van der Waals surface area (Å²) >= 11 is 0. The topological polar surface area (TPSA) is 39.4 Å². The van der Waals surface area contributed by atoms with Crippen LogP contribution >= 0.6 is 12.4 Å². The van der Waals surface area contributed by atoms with E-state index < -0.39 is 0 Å². The molecule has 0 aliphatic rings. The summed E-state index contributed by atoms with van der Waals surface area (Å²) in [7, 11) is 1.62. The fourth-order valence-corrected chi connectivity index (χ4v) is 2.25. The van der Waals surface area contributed by atoms with Crippen LogP contribution in [0.3, 0.4) is 0 Å². The number of carbonyl (C=O) groups excluding carboxylic acids is 1. The van der Waals surface area contributed by atoms with Crippen molar-refractivity contribution in [1.82, 2.24) is 0 Å². The first-order chi connectivity index (χ1) is 10.7. The molecule has 0 aliphatic carbocycles. The number of carbonyl (C=O) groups is 1. The predicted molar refractivity (Wildman–Crippen MR) is 94.6 cm³/mol. The molecule has 3 rings (SSSR count). The van der Waals surface area contributed by atoms with E-state index in [-0.39, 0.29) is 18.2 Å². The Hall–Kier alpha value is -2.52. The number of aryl methyl sites for hydroxylation is 1. The van der Waals surface area contributed by atoms with E-state index in [1.165, 1.54) is 6.08 Å². The molecular formula is C19H17ClO3. The van der Waals surface area contributed by atoms with Crippen LogP contribution in [0.5, 0.6) is 5.75 Å². The molecule has 0 spiro atoms. The minimum absolute atomic E-state index is 0. The molecule has 0 unspecified atom stereocenters. The Morgan fingerprint density at radius 2 is 1.83 bits per heavy atom. The molecule has 0 radical (unpaired) electrons. The third-order valence-electron chi connectivity index (χ3n) is 3.46. The molecule has 1 aromatic heterocycles. The summed E-state index contributed by atoms with van der Waals surface area (Å²) < 4.78 is 10.7. The highest BCUT2D eigenvalue weighted by molar-refractivity contribution is 6.07. The molecule has 0 atom stereocenters. The van der Waals surface area contributed by atoms with Gasteiger partial charge in [-0.2, -0.15) is 0 Å². The molecule has 3 nitrogen and oxygen atoms in total. The van der Waals surface area contributed by atoms with Crippen molar-refractivity contribution in [2.24, 2.45) is 0 Å². The Balaban J connectivity index is 0.00000192. The zero-order chi connectivity index (χ0) is 15.5. The van der Waals surface area contributed by atoms with Gasteiger partial charge in [-0.15, -0.1) is 12.4 Å². The van der Waals surface area contributed by atoms with Crippen molar-refractivity contribution in [2.45, 2.75) is 6.92 Å². The molecule has 1 heterocycles. The van der Waals surface area contributed by atoms with Crippen molar-refractivity contribution in [2.75, 3.05) is 7.11 Å². The van der Waals surface area contributed by atoms with E-state index in [0.717, 1.165) is 27.8 Å². The first-order valence-corrected chi connectivity index (χ1v) is 7.02. The summed E-state index contributed by atoms with van der Waals surface area (Å²) in [5.74, 6) is 0.992. The first kappa shape index (κ1) is 16.8. The van der Waals surface area contributed by atoms with E-state index in [4.69, 9.17) is 9.15 Å². The minimum atomic E-state index is -0.148. The van der Waals surface area contributed by atoms with Gasteiger partial charge < -0.3 is 9.15 Å². The zero-order valence-electron chi connectivity index (χ0n) is 12.9. The summed E-state index contributed by atoms with van der Waals surface area (Å²) in [5.41, 5.74) is 2.80. The predicted octanol–water partition coefficient (Wildman–Crippen LogP) is 5.07. The van der Waals surface area contributed by atoms with Crippen LogP contribution in [0, 0.1) is 6.92 Å². The largest absolute Gasteiger partial charge is 0.497 e. The number of allylic oxidation sites excluding steroid dienone is 1. The molecular weight excluding hydrogens is 312 g/mol. The number of ketones is 1. The molecule has 0 bridgehead atoms. The molecule has 3 aromatic rings. The smallest absolute Gasteiger partial charge is 0.221 e. The Labute approximate surface area is 141 Å². The van der Waals surface area contributed by atoms with E-state index in [2.05, 4.69) is 0 Å². The monoisotopic (exact) mass is 328 g/mol. The van der Waals surface area contributed by atoms with Crippen LogP contribution in [0.15, 0.2) is 59.0 Å². The number of fused-ring (bicyclic) bond motifs is 1. The van der Waals surface area contributed by atoms with Gasteiger partial charge in [-0.3, -0.25) is 4.79 Å². The fourth-order valence-electron chi connectivity index (χ4n) is 2.25. The molecule has 0 N–H and O–H groups in total. The Kier molecular flexibility index (Phi) is 5.24. The summed E-state index contributed by atoms with van der Waals surface area (Å²) in [6.45, 7) is 2.01. The second kappa shape index (κ2) is 7.16. The van der Waals surface area contributed by atoms with E-state index >= 15 is 0 Å². The van der Waals surface area contributed by atoms with E-state index in [1.807, 2.05) is 49.4 Å². The summed E-state index contributed by atoms with van der Waals surface area (Å²) in [4.78, 5) is 12.2. The molecule has 0 saturated heterocycles. The fraction of sp³-hybridized carbons (Fsp3) is 0.105. The molecule has 4 heteroatoms. The van der Waals surface area contributed by atoms with Crippen LogP contribution in [-0.4, -0.2) is 12.9 Å². The highest BCUT2D eigenvalue weighted by atomic mass is 35.5. The van der Waals surface area contributed by atoms with Crippen molar-refractivity contribution < 1.29 is 13.9 Å². The standard InChI is InChI=1S/C19H16O3.ClH/c1-13-3-10-18-15(11-13)12-19(22-18)17(20)9-6-14-4-7-16(21-2)8-5-14;/h3-12H,1-2H3;1H/b9-6+;. The number of furan rings is 1. The van der Waals surface area contributed by atoms with Crippen molar-refractivity contribution in [3.63, 3.8) is 0 Å². The summed E-state index contributed by atoms with van der Waals surface area (Å²) in [6.07, 6.45) is 3.28. The average Bonchev–Trinajstić information content (AvgIpc) is 2.96. The lowest BCUT2D eigenvalue weighted by atomic mass is 10.1. The van der Waals surface area contributed by atoms with Crippen molar-refractivity contribution in [1.29, 1.82) is 0 Å². The van der Waals surface area contributed by atoms with E-state index in [9.17, 15) is 4.79 Å². The van der Waals surface area contributed by atoms with Gasteiger partial charge in [-0.25, -0.2) is 0 Å². The highest BCUT2D eigenvalue weighted by Gasteiger charge is 2.09. The molecule has 0 aliphatic heterocycles. The maximum absolute atomic E-state index is 12.2. The summed E-state index contributed by atoms with van der Waals surface area (Å²) in [5, 5.41) is 0.946. The van der Waals surface area contributed by atoms with E-state index in [0.29, 0.717) is 5.76 Å². The quantitative estimate of drug-likeness (QED) is 0.496. The van der Waals surface area contributed by atoms with Crippen LogP contribution in [0.25, 0.3) is 17.0 Å². The Bertz CT molecular complexity index is 845. The SMILES string of the molecule is COc1ccc(/C=C/C(=O)c2cc3cc(C)ccc3o2)cc1.Cl. The van der Waals surface area contributed by atoms with Gasteiger partial charge in [-0.1, -0.05) is 29.8 Å². The first-order valence-electron chi connectivity index (χ1n) is 7.02. The van der Waals surface area contributed by atoms with Gasteiger partial charge in [0.05, 0.1) is 7.11 Å². The van der Waals surface area contributed by atoms with Gasteiger partial charge in [0.25, 0.3) is 0 Å². The van der Waals surface area contributed by atoms with Crippen LogP contribution in [0.2, 0.25) is 0 Å². The number of hydrogen-bond acceptors (Lipinski definition) is 3. The van der Waals surface area contributed by atoms with Gasteiger partial charge in [0, 0.05) is 5.39 Å². The van der Waals surface area contributed by atoms with E-state index in [1.54, 1.807) is 19.3 Å². The number of benzene rings is 2. The molecule has 0 amide bonds. The third kappa shape index (κ3) is 3.82. The maximum Gasteiger partial charge on any atom is 0.221 e. The van der Waals surface area contributed by atoms with Crippen LogP contribution in [-0.2, 0) is 0 Å². The molecule has 118 valence electrons. The highest BCUT2D eigenvalue weighted by Crippen LogP contribution is 2.21. The number of methoxy groups -OCH3 is 1. The normalized spacial score (nSPS) is 10.7. The Morgan fingerprint density at radius 3 is 2.52 bits per heavy atom. The second-order valence-electron chi connectivity index (χ2n) is 5.12. The second-order valence-corrected chi connectivity index (χ2v) is 5.12. The molecule has 0 fully saturated rings. The lowest BCUT2D eigenvalue weighted by Crippen LogP contribution is -1.90. The van der Waals surface area contributed by atoms with Gasteiger partial charge in [0.1, 0.15) is 11.3 Å². The van der Waals surface area contributed by atoms with Gasteiger partial charge in [0.15, 0.2) is 5.76 Å². The van der Waals surface area contributed by atoms with Crippen LogP contribution < -0.4 is 4.74 Å². The lowest BCUT2D eigenvalue weighted by Gasteiger charge is -1.98. The number of halogens is 1. The lowest BCUT2D eigenvalue weighted by molar-refractivity contribution is 0.102. The van der Waals surface area contributed by atoms with Gasteiger partial charge >= 0.3 is 0 Å². The third-order valence-corrected chi connectivity index (χ3v) is 3.46. The minimum Gasteiger partial charge on any atom is -0.497 e. The molecule has 2 aromatic carbocycles. The summed E-state index contributed by atoms with van der Waals surface area (Å²) in [6, 6.07) is 15.1. The van der Waals surface area contributed by atoms with Crippen LogP contribution in [0.4, 0.5) is 0 Å². The zero-order valence-corrected chi connectivity index (χ0v) is 13.7. The molecule has 0 saturated carbocycles. The van der Waals surface area contributed by atoms with Gasteiger partial charge in [0.2, 0.25) is 5.78 Å². The van der Waals surface area contributed by atoms with Crippen molar-refractivity contribution >= 4 is 35.2 Å². The number of rotatable bonds is 4. The number of hydrogen-bond donors (Lipinski definition) is 0. The van der Waals surface area contributed by atoms with Crippen molar-refractivity contribution in [3.05, 3.63) is 71.5 Å². The van der Waals surface area contributed by atoms with Crippen molar-refractivity contribution in [3.8, 4) is 5.75 Å². The number of ether oxygens (including phenoxy) is 1. The average molecular weight is 329 g/mol.